The summed E-state index contributed by atoms with van der Waals surface area (Å²) in [7, 11) is 0. The monoisotopic (exact) mass is 240 g/mol. The summed E-state index contributed by atoms with van der Waals surface area (Å²) in [5.41, 5.74) is 0. The van der Waals surface area contributed by atoms with Gasteiger partial charge in [0.15, 0.2) is 0 Å². The SMILES string of the molecule is [Br-].[CH]=CCCCCC.[Zn]. The third-order valence-electron chi connectivity index (χ3n) is 0.974. The summed E-state index contributed by atoms with van der Waals surface area (Å²) in [6, 6.07) is 0. The first kappa shape index (κ1) is 16.4. The Morgan fingerprint density at radius 1 is 1.33 bits per heavy atom. The molecule has 1 radical (unpaired) electrons. The number of hydrogen-bond donors (Lipinski definition) is 0. The predicted molar refractivity (Wildman–Crippen MR) is 33.0 cm³/mol. The van der Waals surface area contributed by atoms with Gasteiger partial charge in [-0.25, -0.2) is 0 Å². The van der Waals surface area contributed by atoms with E-state index in [9.17, 15) is 0 Å². The molecule has 9 heavy (non-hydrogen) atoms. The van der Waals surface area contributed by atoms with Crippen LogP contribution in [0.4, 0.5) is 0 Å². The average Bonchev–Trinajstić information content (AvgIpc) is 1.69. The topological polar surface area (TPSA) is 0 Å². The summed E-state index contributed by atoms with van der Waals surface area (Å²) in [5, 5.41) is 0. The van der Waals surface area contributed by atoms with Crippen molar-refractivity contribution in [3.63, 3.8) is 0 Å². The number of unbranched alkanes of at least 4 members (excludes halogenated alkanes) is 3. The Morgan fingerprint density at radius 2 is 1.89 bits per heavy atom. The van der Waals surface area contributed by atoms with Crippen molar-refractivity contribution in [1.82, 2.24) is 0 Å². The second-order valence-corrected chi connectivity index (χ2v) is 1.73. The van der Waals surface area contributed by atoms with Gasteiger partial charge in [0.1, 0.15) is 0 Å². The van der Waals surface area contributed by atoms with Crippen LogP contribution in [-0.2, 0) is 19.5 Å². The van der Waals surface area contributed by atoms with Crippen molar-refractivity contribution in [1.29, 1.82) is 0 Å². The summed E-state index contributed by atoms with van der Waals surface area (Å²) in [6.45, 7) is 7.34. The fourth-order valence-corrected chi connectivity index (χ4v) is 0.512. The van der Waals surface area contributed by atoms with Crippen molar-refractivity contribution in [2.75, 3.05) is 0 Å². The van der Waals surface area contributed by atoms with Gasteiger partial charge in [0.05, 0.1) is 0 Å². The fraction of sp³-hybridized carbons (Fsp3) is 0.714. The van der Waals surface area contributed by atoms with Gasteiger partial charge >= 0.3 is 0 Å². The maximum absolute atomic E-state index is 5.14. The summed E-state index contributed by atoms with van der Waals surface area (Å²) in [4.78, 5) is 0. The van der Waals surface area contributed by atoms with E-state index in [0.717, 1.165) is 6.42 Å². The first-order valence-electron chi connectivity index (χ1n) is 2.95. The molecule has 0 amide bonds. The smallest absolute Gasteiger partial charge is 0 e. The summed E-state index contributed by atoms with van der Waals surface area (Å²) in [6.07, 6.45) is 6.66. The zero-order chi connectivity index (χ0) is 5.54. The molecule has 0 atom stereocenters. The molecule has 0 aromatic carbocycles. The molecular weight excluding hydrogens is 229 g/mol. The van der Waals surface area contributed by atoms with Crippen LogP contribution in [0.3, 0.4) is 0 Å². The van der Waals surface area contributed by atoms with Crippen molar-refractivity contribution in [3.8, 4) is 0 Å². The Hall–Kier alpha value is 0.843. The van der Waals surface area contributed by atoms with Crippen LogP contribution in [0.15, 0.2) is 6.08 Å². The van der Waals surface area contributed by atoms with Crippen LogP contribution < -0.4 is 17.0 Å². The molecule has 0 saturated heterocycles. The minimum absolute atomic E-state index is 0. The summed E-state index contributed by atoms with van der Waals surface area (Å²) in [5.74, 6) is 0. The minimum Gasteiger partial charge on any atom is -1.00 e. The zero-order valence-electron chi connectivity index (χ0n) is 6.07. The Labute approximate surface area is 81.6 Å². The molecule has 0 aliphatic rings. The van der Waals surface area contributed by atoms with E-state index in [0.29, 0.717) is 0 Å². The molecule has 0 saturated carbocycles. The first-order valence-corrected chi connectivity index (χ1v) is 2.95. The molecule has 0 aromatic heterocycles. The van der Waals surface area contributed by atoms with Gasteiger partial charge in [0, 0.05) is 19.5 Å². The van der Waals surface area contributed by atoms with Crippen molar-refractivity contribution in [2.45, 2.75) is 32.6 Å². The van der Waals surface area contributed by atoms with Crippen molar-refractivity contribution in [3.05, 3.63) is 12.7 Å². The summed E-state index contributed by atoms with van der Waals surface area (Å²) < 4.78 is 0. The zero-order valence-corrected chi connectivity index (χ0v) is 10.6. The molecule has 0 N–H and O–H groups in total. The third kappa shape index (κ3) is 17.7. The van der Waals surface area contributed by atoms with Gasteiger partial charge in [0.25, 0.3) is 0 Å². The van der Waals surface area contributed by atoms with E-state index in [1.54, 1.807) is 6.08 Å². The van der Waals surface area contributed by atoms with Crippen LogP contribution in [0.1, 0.15) is 32.6 Å². The molecule has 0 aromatic rings. The third-order valence-corrected chi connectivity index (χ3v) is 0.974. The second kappa shape index (κ2) is 15.9. The number of rotatable bonds is 4. The van der Waals surface area contributed by atoms with E-state index in [2.05, 4.69) is 6.92 Å². The number of allylic oxidation sites excluding steroid dienone is 1. The predicted octanol–water partition coefficient (Wildman–Crippen LogP) is -0.443. The van der Waals surface area contributed by atoms with Crippen molar-refractivity contribution >= 4 is 0 Å². The molecule has 0 nitrogen and oxygen atoms in total. The Morgan fingerprint density at radius 3 is 2.22 bits per heavy atom. The Bertz CT molecular complexity index is 46.2. The largest absolute Gasteiger partial charge is 1.00 e. The maximum atomic E-state index is 5.14. The standard InChI is InChI=1S/C7H13.BrH.Zn/c1-3-5-7-6-4-2;;/h1,3H,4-7H2,2H3;1H;/p-1. The van der Waals surface area contributed by atoms with E-state index in [4.69, 9.17) is 6.58 Å². The van der Waals surface area contributed by atoms with Crippen LogP contribution in [0, 0.1) is 6.58 Å². The van der Waals surface area contributed by atoms with Crippen LogP contribution in [0.5, 0.6) is 0 Å². The quantitative estimate of drug-likeness (QED) is 0.463. The molecule has 51 valence electrons. The van der Waals surface area contributed by atoms with Crippen LogP contribution in [0.25, 0.3) is 0 Å². The van der Waals surface area contributed by atoms with E-state index in [1.165, 1.54) is 19.3 Å². The first-order chi connectivity index (χ1) is 3.41. The van der Waals surface area contributed by atoms with E-state index < -0.39 is 0 Å². The van der Waals surface area contributed by atoms with Gasteiger partial charge in [-0.1, -0.05) is 32.4 Å². The van der Waals surface area contributed by atoms with Gasteiger partial charge in [-0.05, 0) is 12.8 Å². The molecule has 2 heteroatoms. The molecule has 0 aliphatic carbocycles. The van der Waals surface area contributed by atoms with E-state index in [-0.39, 0.29) is 36.5 Å². The van der Waals surface area contributed by atoms with Crippen LogP contribution >= 0.6 is 0 Å². The van der Waals surface area contributed by atoms with E-state index in [1.807, 2.05) is 0 Å². The van der Waals surface area contributed by atoms with Crippen molar-refractivity contribution in [2.24, 2.45) is 0 Å². The molecule has 0 bridgehead atoms. The van der Waals surface area contributed by atoms with Gasteiger partial charge in [-0.2, -0.15) is 0 Å². The van der Waals surface area contributed by atoms with Gasteiger partial charge < -0.3 is 17.0 Å². The minimum atomic E-state index is 0. The molecule has 0 aliphatic heterocycles. The Kier molecular flexibility index (Phi) is 29.1. The second-order valence-electron chi connectivity index (χ2n) is 1.73. The molecule has 0 rings (SSSR count). The van der Waals surface area contributed by atoms with Crippen molar-refractivity contribution < 1.29 is 36.5 Å². The van der Waals surface area contributed by atoms with Crippen LogP contribution in [0.2, 0.25) is 0 Å². The molecule has 0 heterocycles. The number of halogens is 1. The van der Waals surface area contributed by atoms with Gasteiger partial charge in [-0.15, -0.1) is 0 Å². The van der Waals surface area contributed by atoms with E-state index >= 15 is 0 Å². The normalized spacial score (nSPS) is 6.78. The van der Waals surface area contributed by atoms with Gasteiger partial charge in [-0.3, -0.25) is 0 Å². The summed E-state index contributed by atoms with van der Waals surface area (Å²) >= 11 is 0. The molecular formula is C7H13BrZn-. The van der Waals surface area contributed by atoms with Crippen LogP contribution in [-0.4, -0.2) is 0 Å². The average molecular weight is 242 g/mol. The number of hydrogen-bond acceptors (Lipinski definition) is 0. The van der Waals surface area contributed by atoms with Gasteiger partial charge in [0.2, 0.25) is 0 Å². The molecule has 0 spiro atoms. The Balaban J connectivity index is -0.000000180. The molecule has 0 unspecified atom stereocenters. The fourth-order valence-electron chi connectivity index (χ4n) is 0.512. The maximum Gasteiger partial charge on any atom is 0 e. The molecule has 0 fully saturated rings.